The summed E-state index contributed by atoms with van der Waals surface area (Å²) in [7, 11) is 0. The molecule has 1 aromatic carbocycles. The summed E-state index contributed by atoms with van der Waals surface area (Å²) < 4.78 is 0. The average Bonchev–Trinajstić information content (AvgIpc) is 2.33. The highest BCUT2D eigenvalue weighted by Crippen LogP contribution is 2.31. The normalized spacial score (nSPS) is 18.3. The molecule has 0 bridgehead atoms. The zero-order valence-corrected chi connectivity index (χ0v) is 15.0. The molecule has 6 heteroatoms. The van der Waals surface area contributed by atoms with Gasteiger partial charge in [-0.15, -0.1) is 24.0 Å². The average molecular weight is 402 g/mol. The second-order valence-corrected chi connectivity index (χ2v) is 6.14. The molecular weight excluding hydrogens is 379 g/mol. The summed E-state index contributed by atoms with van der Waals surface area (Å²) in [5, 5.41) is 6.00. The van der Waals surface area contributed by atoms with E-state index in [2.05, 4.69) is 15.6 Å². The number of fused-ring (bicyclic) bond motifs is 1. The van der Waals surface area contributed by atoms with Crippen LogP contribution in [-0.2, 0) is 4.79 Å². The summed E-state index contributed by atoms with van der Waals surface area (Å²) in [5.74, 6) is 0.535. The van der Waals surface area contributed by atoms with E-state index >= 15 is 0 Å². The SMILES string of the molecule is CC(C)(C)NC(N)=NCC1CC(=O)Nc2ccccc21.I. The van der Waals surface area contributed by atoms with Gasteiger partial charge in [0, 0.05) is 23.6 Å². The van der Waals surface area contributed by atoms with Crippen LogP contribution in [0.1, 0.15) is 38.7 Å². The number of carbonyl (C=O) groups is 1. The van der Waals surface area contributed by atoms with Gasteiger partial charge >= 0.3 is 0 Å². The molecule has 5 nitrogen and oxygen atoms in total. The number of nitrogens with one attached hydrogen (secondary N) is 2. The van der Waals surface area contributed by atoms with Gasteiger partial charge in [-0.2, -0.15) is 0 Å². The van der Waals surface area contributed by atoms with Crippen LogP contribution in [0.4, 0.5) is 5.69 Å². The molecule has 1 aliphatic heterocycles. The number of nitrogens with zero attached hydrogens (tertiary/aromatic N) is 1. The number of amides is 1. The summed E-state index contributed by atoms with van der Waals surface area (Å²) in [5.41, 5.74) is 7.76. The summed E-state index contributed by atoms with van der Waals surface area (Å²) in [4.78, 5) is 16.1. The van der Waals surface area contributed by atoms with Crippen molar-refractivity contribution < 1.29 is 4.79 Å². The van der Waals surface area contributed by atoms with Gasteiger partial charge in [-0.05, 0) is 32.4 Å². The summed E-state index contributed by atoms with van der Waals surface area (Å²) >= 11 is 0. The third-order valence-corrected chi connectivity index (χ3v) is 3.09. The minimum atomic E-state index is -0.116. The van der Waals surface area contributed by atoms with Crippen molar-refractivity contribution in [2.75, 3.05) is 11.9 Å². The predicted molar refractivity (Wildman–Crippen MR) is 97.2 cm³/mol. The fourth-order valence-corrected chi connectivity index (χ4v) is 2.30. The zero-order chi connectivity index (χ0) is 14.8. The lowest BCUT2D eigenvalue weighted by Crippen LogP contribution is -2.45. The molecule has 1 unspecified atom stereocenters. The number of hydrogen-bond donors (Lipinski definition) is 3. The number of aliphatic imine (C=N–C) groups is 1. The zero-order valence-electron chi connectivity index (χ0n) is 12.6. The minimum absolute atomic E-state index is 0. The lowest BCUT2D eigenvalue weighted by atomic mass is 9.91. The molecule has 1 amide bonds. The monoisotopic (exact) mass is 402 g/mol. The summed E-state index contributed by atoms with van der Waals surface area (Å²) in [6.07, 6.45) is 0.448. The van der Waals surface area contributed by atoms with E-state index in [1.807, 2.05) is 45.0 Å². The van der Waals surface area contributed by atoms with Crippen LogP contribution in [-0.4, -0.2) is 24.0 Å². The van der Waals surface area contributed by atoms with Crippen LogP contribution in [0.15, 0.2) is 29.3 Å². The first-order valence-electron chi connectivity index (χ1n) is 6.82. The highest BCUT2D eigenvalue weighted by atomic mass is 127. The van der Waals surface area contributed by atoms with Crippen LogP contribution in [0.2, 0.25) is 0 Å². The topological polar surface area (TPSA) is 79.5 Å². The van der Waals surface area contributed by atoms with Gasteiger partial charge in [-0.25, -0.2) is 0 Å². The van der Waals surface area contributed by atoms with Crippen LogP contribution in [0.5, 0.6) is 0 Å². The van der Waals surface area contributed by atoms with Crippen molar-refractivity contribution in [3.8, 4) is 0 Å². The van der Waals surface area contributed by atoms with Gasteiger partial charge in [0.1, 0.15) is 0 Å². The Morgan fingerprint density at radius 2 is 2.10 bits per heavy atom. The standard InChI is InChI=1S/C15H22N4O.HI/c1-15(2,3)19-14(16)17-9-10-8-13(20)18-12-7-5-4-6-11(10)12;/h4-7,10H,8-9H2,1-3H3,(H,18,20)(H3,16,17,19);1H. The highest BCUT2D eigenvalue weighted by Gasteiger charge is 2.24. The van der Waals surface area contributed by atoms with Crippen molar-refractivity contribution in [3.05, 3.63) is 29.8 Å². The quantitative estimate of drug-likeness (QED) is 0.404. The van der Waals surface area contributed by atoms with Gasteiger partial charge in [-0.1, -0.05) is 18.2 Å². The molecule has 116 valence electrons. The third kappa shape index (κ3) is 5.18. The molecule has 1 aliphatic rings. The molecule has 21 heavy (non-hydrogen) atoms. The van der Waals surface area contributed by atoms with Gasteiger partial charge in [0.15, 0.2) is 5.96 Å². The Labute approximate surface area is 142 Å². The Hall–Kier alpha value is -1.31. The lowest BCUT2D eigenvalue weighted by molar-refractivity contribution is -0.116. The first-order valence-corrected chi connectivity index (χ1v) is 6.82. The number of guanidine groups is 1. The Bertz CT molecular complexity index is 537. The fraction of sp³-hybridized carbons (Fsp3) is 0.467. The van der Waals surface area contributed by atoms with E-state index < -0.39 is 0 Å². The number of hydrogen-bond acceptors (Lipinski definition) is 2. The Kier molecular flexibility index (Phi) is 6.00. The van der Waals surface area contributed by atoms with Gasteiger partial charge in [0.2, 0.25) is 5.91 Å². The van der Waals surface area contributed by atoms with Crippen molar-refractivity contribution in [2.45, 2.75) is 38.6 Å². The second kappa shape index (κ2) is 7.11. The molecule has 1 atom stereocenters. The van der Waals surface area contributed by atoms with Crippen molar-refractivity contribution in [3.63, 3.8) is 0 Å². The van der Waals surface area contributed by atoms with E-state index in [-0.39, 0.29) is 41.3 Å². The maximum absolute atomic E-state index is 11.7. The Morgan fingerprint density at radius 3 is 2.76 bits per heavy atom. The van der Waals surface area contributed by atoms with E-state index in [0.29, 0.717) is 18.9 Å². The van der Waals surface area contributed by atoms with Gasteiger partial charge in [0.25, 0.3) is 0 Å². The largest absolute Gasteiger partial charge is 0.370 e. The number of nitrogens with two attached hydrogens (primary N) is 1. The molecule has 0 aliphatic carbocycles. The van der Waals surface area contributed by atoms with Gasteiger partial charge in [-0.3, -0.25) is 9.79 Å². The first-order chi connectivity index (χ1) is 9.35. The molecule has 1 heterocycles. The van der Waals surface area contributed by atoms with Gasteiger partial charge < -0.3 is 16.4 Å². The molecule has 0 aromatic heterocycles. The molecule has 0 fully saturated rings. The lowest BCUT2D eigenvalue weighted by Gasteiger charge is -2.25. The van der Waals surface area contributed by atoms with Crippen molar-refractivity contribution in [1.82, 2.24) is 5.32 Å². The summed E-state index contributed by atoms with van der Waals surface area (Å²) in [6, 6.07) is 7.84. The molecule has 1 aromatic rings. The van der Waals surface area contributed by atoms with Crippen molar-refractivity contribution in [1.29, 1.82) is 0 Å². The molecule has 2 rings (SSSR count). The Morgan fingerprint density at radius 1 is 1.43 bits per heavy atom. The highest BCUT2D eigenvalue weighted by molar-refractivity contribution is 14.0. The number of rotatable bonds is 2. The predicted octanol–water partition coefficient (Wildman–Crippen LogP) is 2.43. The molecule has 0 spiro atoms. The molecular formula is C15H23IN4O. The van der Waals surface area contributed by atoms with Crippen LogP contribution in [0, 0.1) is 0 Å². The number of benzene rings is 1. The number of carbonyl (C=O) groups excluding carboxylic acids is 1. The van der Waals surface area contributed by atoms with E-state index in [4.69, 9.17) is 5.73 Å². The van der Waals surface area contributed by atoms with E-state index in [0.717, 1.165) is 11.3 Å². The first kappa shape index (κ1) is 17.7. The molecule has 0 radical (unpaired) electrons. The molecule has 0 saturated carbocycles. The number of anilines is 1. The fourth-order valence-electron chi connectivity index (χ4n) is 2.30. The maximum Gasteiger partial charge on any atom is 0.225 e. The van der Waals surface area contributed by atoms with Crippen LogP contribution < -0.4 is 16.4 Å². The Balaban J connectivity index is 0.00000220. The minimum Gasteiger partial charge on any atom is -0.370 e. The van der Waals surface area contributed by atoms with Crippen molar-refractivity contribution in [2.24, 2.45) is 10.7 Å². The number of halogens is 1. The van der Waals surface area contributed by atoms with Crippen molar-refractivity contribution >= 4 is 41.5 Å². The van der Waals surface area contributed by atoms with E-state index in [9.17, 15) is 4.79 Å². The second-order valence-electron chi connectivity index (χ2n) is 6.14. The van der Waals surface area contributed by atoms with E-state index in [1.54, 1.807) is 0 Å². The van der Waals surface area contributed by atoms with Crippen LogP contribution >= 0.6 is 24.0 Å². The summed E-state index contributed by atoms with van der Waals surface area (Å²) in [6.45, 7) is 6.59. The van der Waals surface area contributed by atoms with Gasteiger partial charge in [0.05, 0.1) is 6.54 Å². The smallest absolute Gasteiger partial charge is 0.225 e. The molecule has 0 saturated heterocycles. The third-order valence-electron chi connectivity index (χ3n) is 3.09. The number of para-hydroxylation sites is 1. The molecule has 4 N–H and O–H groups in total. The maximum atomic E-state index is 11.7. The van der Waals surface area contributed by atoms with E-state index in [1.165, 1.54) is 0 Å². The van der Waals surface area contributed by atoms with Crippen LogP contribution in [0.3, 0.4) is 0 Å². The van der Waals surface area contributed by atoms with Crippen LogP contribution in [0.25, 0.3) is 0 Å².